The second kappa shape index (κ2) is 7.45. The molecule has 0 fully saturated rings. The van der Waals surface area contributed by atoms with E-state index in [0.717, 1.165) is 5.56 Å². The van der Waals surface area contributed by atoms with Crippen molar-refractivity contribution in [3.63, 3.8) is 0 Å². The van der Waals surface area contributed by atoms with Crippen molar-refractivity contribution in [3.05, 3.63) is 17.0 Å². The highest BCUT2D eigenvalue weighted by Gasteiger charge is 2.24. The van der Waals surface area contributed by atoms with Crippen molar-refractivity contribution >= 4 is 33.0 Å². The summed E-state index contributed by atoms with van der Waals surface area (Å²) in [6, 6.07) is 1.64. The van der Waals surface area contributed by atoms with Gasteiger partial charge in [0.25, 0.3) is 10.0 Å². The van der Waals surface area contributed by atoms with Crippen molar-refractivity contribution in [2.24, 2.45) is 0 Å². The van der Waals surface area contributed by atoms with Crippen molar-refractivity contribution in [1.29, 1.82) is 0 Å². The maximum atomic E-state index is 12.3. The van der Waals surface area contributed by atoms with E-state index in [1.54, 1.807) is 11.4 Å². The van der Waals surface area contributed by atoms with Crippen molar-refractivity contribution in [3.8, 4) is 0 Å². The third kappa shape index (κ3) is 3.93. The lowest BCUT2D eigenvalue weighted by atomic mass is 10.4. The van der Waals surface area contributed by atoms with Crippen LogP contribution in [0.1, 0.15) is 19.4 Å². The van der Waals surface area contributed by atoms with Gasteiger partial charge in [0.15, 0.2) is 0 Å². The summed E-state index contributed by atoms with van der Waals surface area (Å²) in [6.07, 6.45) is 0. The van der Waals surface area contributed by atoms with E-state index in [2.05, 4.69) is 0 Å². The van der Waals surface area contributed by atoms with Gasteiger partial charge in [-0.3, -0.25) is 0 Å². The Balaban J connectivity index is 2.82. The molecule has 0 saturated carbocycles. The van der Waals surface area contributed by atoms with Gasteiger partial charge in [-0.15, -0.1) is 22.9 Å². The quantitative estimate of drug-likeness (QED) is 0.547. The van der Waals surface area contributed by atoms with Gasteiger partial charge in [0.2, 0.25) is 0 Å². The standard InChI is InChI=1S/C11H18ClNO3S2/c1-3-13(5-6-16-4-2)18(14,15)11-7-10(8-12)9-17-11/h7,9H,3-6,8H2,1-2H3. The summed E-state index contributed by atoms with van der Waals surface area (Å²) in [5, 5.41) is 1.77. The highest BCUT2D eigenvalue weighted by atomic mass is 35.5. The molecule has 7 heteroatoms. The zero-order valence-electron chi connectivity index (χ0n) is 10.6. The number of nitrogens with zero attached hydrogens (tertiary/aromatic N) is 1. The molecule has 18 heavy (non-hydrogen) atoms. The minimum Gasteiger partial charge on any atom is -0.380 e. The molecule has 1 aromatic heterocycles. The molecule has 0 saturated heterocycles. The first-order valence-corrected chi connectivity index (χ1v) is 8.62. The number of ether oxygens (including phenoxy) is 1. The van der Waals surface area contributed by atoms with Crippen LogP contribution in [-0.4, -0.2) is 39.0 Å². The molecular formula is C11H18ClNO3S2. The summed E-state index contributed by atoms with van der Waals surface area (Å²) in [7, 11) is -3.41. The van der Waals surface area contributed by atoms with Crippen LogP contribution in [0.4, 0.5) is 0 Å². The molecule has 0 spiro atoms. The van der Waals surface area contributed by atoms with E-state index >= 15 is 0 Å². The van der Waals surface area contributed by atoms with E-state index in [1.807, 2.05) is 13.8 Å². The Morgan fingerprint density at radius 1 is 1.44 bits per heavy atom. The summed E-state index contributed by atoms with van der Waals surface area (Å²) < 4.78 is 31.6. The van der Waals surface area contributed by atoms with Gasteiger partial charge in [0.1, 0.15) is 4.21 Å². The maximum absolute atomic E-state index is 12.3. The van der Waals surface area contributed by atoms with Crippen LogP contribution in [0, 0.1) is 0 Å². The number of thiophene rings is 1. The first-order chi connectivity index (χ1) is 8.56. The second-order valence-corrected chi connectivity index (χ2v) is 6.94. The van der Waals surface area contributed by atoms with Gasteiger partial charge in [0, 0.05) is 25.6 Å². The van der Waals surface area contributed by atoms with Crippen molar-refractivity contribution in [2.45, 2.75) is 23.9 Å². The third-order valence-corrected chi connectivity index (χ3v) is 6.17. The molecule has 1 aromatic rings. The number of alkyl halides is 1. The largest absolute Gasteiger partial charge is 0.380 e. The SMILES string of the molecule is CCOCCN(CC)S(=O)(=O)c1cc(CCl)cs1. The van der Waals surface area contributed by atoms with Gasteiger partial charge in [-0.25, -0.2) is 8.42 Å². The first kappa shape index (κ1) is 15.9. The van der Waals surface area contributed by atoms with Crippen molar-refractivity contribution in [1.82, 2.24) is 4.31 Å². The van der Waals surface area contributed by atoms with Crippen LogP contribution in [0.2, 0.25) is 0 Å². The van der Waals surface area contributed by atoms with Crippen LogP contribution in [0.25, 0.3) is 0 Å². The average Bonchev–Trinajstić information content (AvgIpc) is 2.83. The fourth-order valence-electron chi connectivity index (χ4n) is 1.44. The van der Waals surface area contributed by atoms with Gasteiger partial charge in [-0.05, 0) is 23.9 Å². The highest BCUT2D eigenvalue weighted by molar-refractivity contribution is 7.91. The molecule has 0 aliphatic carbocycles. The molecule has 0 aliphatic heterocycles. The number of hydrogen-bond donors (Lipinski definition) is 0. The minimum absolute atomic E-state index is 0.330. The lowest BCUT2D eigenvalue weighted by Gasteiger charge is -2.19. The molecular weight excluding hydrogens is 294 g/mol. The first-order valence-electron chi connectivity index (χ1n) is 5.77. The molecule has 1 rings (SSSR count). The van der Waals surface area contributed by atoms with Crippen LogP contribution in [0.3, 0.4) is 0 Å². The van der Waals surface area contributed by atoms with E-state index in [9.17, 15) is 8.42 Å². The Morgan fingerprint density at radius 2 is 2.17 bits per heavy atom. The fourth-order valence-corrected chi connectivity index (χ4v) is 4.49. The molecule has 0 radical (unpaired) electrons. The number of sulfonamides is 1. The molecule has 0 amide bonds. The van der Waals surface area contributed by atoms with E-state index in [4.69, 9.17) is 16.3 Å². The Labute approximate surface area is 118 Å². The molecule has 0 bridgehead atoms. The third-order valence-electron chi connectivity index (χ3n) is 2.42. The summed E-state index contributed by atoms with van der Waals surface area (Å²) in [5.41, 5.74) is 0.834. The van der Waals surface area contributed by atoms with E-state index < -0.39 is 10.0 Å². The summed E-state index contributed by atoms with van der Waals surface area (Å²) in [6.45, 7) is 5.52. The zero-order chi connectivity index (χ0) is 13.6. The normalized spacial score (nSPS) is 12.2. The molecule has 0 aliphatic rings. The summed E-state index contributed by atoms with van der Waals surface area (Å²) >= 11 is 6.89. The molecule has 0 unspecified atom stereocenters. The smallest absolute Gasteiger partial charge is 0.252 e. The highest BCUT2D eigenvalue weighted by Crippen LogP contribution is 2.24. The predicted molar refractivity (Wildman–Crippen MR) is 74.8 cm³/mol. The number of rotatable bonds is 8. The average molecular weight is 312 g/mol. The molecule has 0 atom stereocenters. The lowest BCUT2D eigenvalue weighted by Crippen LogP contribution is -2.33. The van der Waals surface area contributed by atoms with Crippen LogP contribution >= 0.6 is 22.9 Å². The van der Waals surface area contributed by atoms with Gasteiger partial charge >= 0.3 is 0 Å². The molecule has 104 valence electrons. The van der Waals surface area contributed by atoms with E-state index in [-0.39, 0.29) is 0 Å². The fraction of sp³-hybridized carbons (Fsp3) is 0.636. The van der Waals surface area contributed by atoms with Crippen LogP contribution in [-0.2, 0) is 20.6 Å². The lowest BCUT2D eigenvalue weighted by molar-refractivity contribution is 0.135. The summed E-state index contributed by atoms with van der Waals surface area (Å²) in [4.78, 5) is 0. The maximum Gasteiger partial charge on any atom is 0.252 e. The minimum atomic E-state index is -3.41. The van der Waals surface area contributed by atoms with Gasteiger partial charge < -0.3 is 4.74 Å². The predicted octanol–water partition coefficient (Wildman–Crippen LogP) is 2.53. The molecule has 0 N–H and O–H groups in total. The number of halogens is 1. The molecule has 4 nitrogen and oxygen atoms in total. The number of hydrogen-bond acceptors (Lipinski definition) is 4. The Kier molecular flexibility index (Phi) is 6.59. The van der Waals surface area contributed by atoms with E-state index in [0.29, 0.717) is 36.4 Å². The van der Waals surface area contributed by atoms with Gasteiger partial charge in [-0.2, -0.15) is 4.31 Å². The monoisotopic (exact) mass is 311 g/mol. The van der Waals surface area contributed by atoms with Crippen LogP contribution < -0.4 is 0 Å². The molecule has 1 heterocycles. The van der Waals surface area contributed by atoms with E-state index in [1.165, 1.54) is 15.6 Å². The topological polar surface area (TPSA) is 46.6 Å². The number of likely N-dealkylation sites (N-methyl/N-ethyl adjacent to an activating group) is 1. The van der Waals surface area contributed by atoms with Crippen LogP contribution in [0.15, 0.2) is 15.7 Å². The Bertz CT molecular complexity index is 459. The van der Waals surface area contributed by atoms with Crippen molar-refractivity contribution < 1.29 is 13.2 Å². The Morgan fingerprint density at radius 3 is 2.67 bits per heavy atom. The summed E-state index contributed by atoms with van der Waals surface area (Å²) in [5.74, 6) is 0.330. The van der Waals surface area contributed by atoms with Crippen molar-refractivity contribution in [2.75, 3.05) is 26.3 Å². The van der Waals surface area contributed by atoms with Gasteiger partial charge in [-0.1, -0.05) is 6.92 Å². The van der Waals surface area contributed by atoms with Gasteiger partial charge in [0.05, 0.1) is 6.61 Å². The zero-order valence-corrected chi connectivity index (χ0v) is 12.9. The van der Waals surface area contributed by atoms with Crippen LogP contribution in [0.5, 0.6) is 0 Å². The Hall–Kier alpha value is -0.140. The second-order valence-electron chi connectivity index (χ2n) is 3.60. The molecule has 0 aromatic carbocycles.